The van der Waals surface area contributed by atoms with Crippen LogP contribution in [0.4, 0.5) is 4.39 Å². The highest BCUT2D eigenvalue weighted by molar-refractivity contribution is 5.82. The van der Waals surface area contributed by atoms with Crippen LogP contribution in [0.1, 0.15) is 56.1 Å². The number of piperidine rings is 1. The first kappa shape index (κ1) is 21.6. The Morgan fingerprint density at radius 3 is 2.78 bits per heavy atom. The molecule has 0 bridgehead atoms. The summed E-state index contributed by atoms with van der Waals surface area (Å²) in [5.41, 5.74) is 3.49. The Balaban J connectivity index is 1.32. The maximum Gasteiger partial charge on any atom is 0.213 e. The maximum absolute atomic E-state index is 13.8. The summed E-state index contributed by atoms with van der Waals surface area (Å²) in [4.78, 5) is 12.5. The summed E-state index contributed by atoms with van der Waals surface area (Å²) in [5.74, 6) is 0.276. The predicted molar refractivity (Wildman–Crippen MR) is 128 cm³/mol. The van der Waals surface area contributed by atoms with Crippen molar-refractivity contribution < 1.29 is 4.39 Å². The van der Waals surface area contributed by atoms with Gasteiger partial charge in [-0.05, 0) is 67.5 Å². The van der Waals surface area contributed by atoms with Crippen molar-refractivity contribution in [1.82, 2.24) is 19.8 Å². The number of aromatic amines is 1. The van der Waals surface area contributed by atoms with Crippen LogP contribution in [0.3, 0.4) is 0 Å². The number of para-hydroxylation sites is 1. The van der Waals surface area contributed by atoms with Crippen LogP contribution in [0.25, 0.3) is 10.9 Å². The zero-order valence-electron chi connectivity index (χ0n) is 19.0. The molecule has 5 heteroatoms. The number of hydrogen-bond donors (Lipinski definition) is 1. The molecular weight excluding hydrogens is 399 g/mol. The quantitative estimate of drug-likeness (QED) is 0.481. The van der Waals surface area contributed by atoms with Gasteiger partial charge in [-0.15, -0.1) is 0 Å². The van der Waals surface area contributed by atoms with Crippen molar-refractivity contribution >= 4 is 10.9 Å². The van der Waals surface area contributed by atoms with E-state index in [4.69, 9.17) is 0 Å². The molecule has 1 saturated carbocycles. The lowest BCUT2D eigenvalue weighted by molar-refractivity contribution is 0.0772. The molecule has 1 aliphatic heterocycles. The van der Waals surface area contributed by atoms with E-state index < -0.39 is 5.95 Å². The Labute approximate surface area is 190 Å². The molecule has 3 aromatic rings. The van der Waals surface area contributed by atoms with E-state index in [1.54, 1.807) is 12.3 Å². The second-order valence-electron chi connectivity index (χ2n) is 9.81. The fraction of sp³-hybridized carbons (Fsp3) is 0.519. The molecule has 5 rings (SSSR count). The van der Waals surface area contributed by atoms with Crippen molar-refractivity contribution in [2.45, 2.75) is 64.1 Å². The van der Waals surface area contributed by atoms with Gasteiger partial charge in [-0.3, -0.25) is 4.90 Å². The van der Waals surface area contributed by atoms with Crippen LogP contribution in [0.2, 0.25) is 0 Å². The highest BCUT2D eigenvalue weighted by Gasteiger charge is 2.28. The van der Waals surface area contributed by atoms with Crippen molar-refractivity contribution in [3.8, 4) is 0 Å². The lowest BCUT2D eigenvalue weighted by atomic mass is 9.90. The number of nitrogens with zero attached hydrogens (tertiary/aromatic N) is 3. The summed E-state index contributed by atoms with van der Waals surface area (Å²) in [5, 5.41) is 1.28. The largest absolute Gasteiger partial charge is 0.361 e. The van der Waals surface area contributed by atoms with Gasteiger partial charge in [0.15, 0.2) is 0 Å². The smallest absolute Gasteiger partial charge is 0.213 e. The van der Waals surface area contributed by atoms with E-state index in [0.29, 0.717) is 5.92 Å². The van der Waals surface area contributed by atoms with E-state index in [0.717, 1.165) is 31.2 Å². The third kappa shape index (κ3) is 5.21. The highest BCUT2D eigenvalue weighted by atomic mass is 19.1. The number of rotatable bonds is 7. The Morgan fingerprint density at radius 2 is 1.91 bits per heavy atom. The van der Waals surface area contributed by atoms with Crippen LogP contribution in [0, 0.1) is 11.9 Å². The van der Waals surface area contributed by atoms with Gasteiger partial charge in [-0.2, -0.15) is 4.39 Å². The molecule has 2 aliphatic rings. The summed E-state index contributed by atoms with van der Waals surface area (Å²) in [6.07, 6.45) is 13.3. The minimum atomic E-state index is -0.393. The molecule has 1 N–H and O–H groups in total. The fourth-order valence-corrected chi connectivity index (χ4v) is 5.88. The predicted octanol–water partition coefficient (Wildman–Crippen LogP) is 5.75. The van der Waals surface area contributed by atoms with Gasteiger partial charge < -0.3 is 9.88 Å². The minimum absolute atomic E-state index is 0.393. The van der Waals surface area contributed by atoms with Crippen LogP contribution >= 0.6 is 0 Å². The van der Waals surface area contributed by atoms with E-state index in [2.05, 4.69) is 50.2 Å². The van der Waals surface area contributed by atoms with E-state index in [-0.39, 0.29) is 0 Å². The molecule has 1 aliphatic carbocycles. The lowest BCUT2D eigenvalue weighted by Crippen LogP contribution is -2.46. The van der Waals surface area contributed by atoms with Gasteiger partial charge in [-0.25, -0.2) is 4.98 Å². The second-order valence-corrected chi connectivity index (χ2v) is 9.81. The van der Waals surface area contributed by atoms with Crippen LogP contribution in [-0.4, -0.2) is 45.4 Å². The first-order valence-corrected chi connectivity index (χ1v) is 12.4. The number of pyridine rings is 1. The van der Waals surface area contributed by atoms with E-state index >= 15 is 0 Å². The Bertz CT molecular complexity index is 1010. The molecule has 1 unspecified atom stereocenters. The minimum Gasteiger partial charge on any atom is -0.361 e. The number of H-pyrrole nitrogens is 1. The fourth-order valence-electron chi connectivity index (χ4n) is 5.88. The topological polar surface area (TPSA) is 35.2 Å². The molecule has 2 aromatic heterocycles. The number of nitrogens with one attached hydrogen (secondary N) is 1. The summed E-state index contributed by atoms with van der Waals surface area (Å²) in [6, 6.07) is 12.8. The summed E-state index contributed by atoms with van der Waals surface area (Å²) in [7, 11) is 0. The summed E-state index contributed by atoms with van der Waals surface area (Å²) < 4.78 is 13.8. The Kier molecular flexibility index (Phi) is 6.84. The highest BCUT2D eigenvalue weighted by Crippen LogP contribution is 2.28. The first-order chi connectivity index (χ1) is 15.7. The van der Waals surface area contributed by atoms with Crippen LogP contribution < -0.4 is 0 Å². The molecule has 32 heavy (non-hydrogen) atoms. The number of hydrogen-bond acceptors (Lipinski definition) is 3. The summed E-state index contributed by atoms with van der Waals surface area (Å²) in [6.45, 7) is 5.14. The van der Waals surface area contributed by atoms with Gasteiger partial charge in [-0.1, -0.05) is 37.5 Å². The number of halogens is 1. The molecule has 3 heterocycles. The molecule has 1 atom stereocenters. The molecule has 1 aromatic carbocycles. The number of aromatic nitrogens is 2. The first-order valence-electron chi connectivity index (χ1n) is 12.4. The van der Waals surface area contributed by atoms with Gasteiger partial charge >= 0.3 is 0 Å². The molecule has 0 spiro atoms. The average molecular weight is 435 g/mol. The third-order valence-corrected chi connectivity index (χ3v) is 7.42. The van der Waals surface area contributed by atoms with Gasteiger partial charge in [0.2, 0.25) is 5.95 Å². The van der Waals surface area contributed by atoms with Crippen molar-refractivity contribution in [3.63, 3.8) is 0 Å². The lowest BCUT2D eigenvalue weighted by Gasteiger charge is -2.41. The van der Waals surface area contributed by atoms with Gasteiger partial charge in [0.25, 0.3) is 0 Å². The molecule has 2 fully saturated rings. The molecular formula is C27H35FN4. The molecule has 1 saturated heterocycles. The molecule has 0 radical (unpaired) electrons. The maximum atomic E-state index is 13.8. The Morgan fingerprint density at radius 1 is 1.03 bits per heavy atom. The van der Waals surface area contributed by atoms with Crippen LogP contribution in [-0.2, 0) is 13.1 Å². The van der Waals surface area contributed by atoms with Gasteiger partial charge in [0.05, 0.1) is 0 Å². The van der Waals surface area contributed by atoms with Crippen LogP contribution in [0.15, 0.2) is 48.8 Å². The van der Waals surface area contributed by atoms with Crippen molar-refractivity contribution in [3.05, 3.63) is 65.9 Å². The van der Waals surface area contributed by atoms with Crippen molar-refractivity contribution in [1.29, 1.82) is 0 Å². The number of fused-ring (bicyclic) bond motifs is 1. The second kappa shape index (κ2) is 10.1. The summed E-state index contributed by atoms with van der Waals surface area (Å²) >= 11 is 0. The normalized spacial score (nSPS) is 20.9. The Hall–Kier alpha value is -2.24. The SMILES string of the molecule is Fc1cc(CN(Cc2c[nH]c3ccccc23)CC2CCCN(C3CCCCC3)C2)ccn1. The number of likely N-dealkylation sites (tertiary alicyclic amines) is 1. The molecule has 4 nitrogen and oxygen atoms in total. The third-order valence-electron chi connectivity index (χ3n) is 7.42. The van der Waals surface area contributed by atoms with E-state index in [9.17, 15) is 4.39 Å². The zero-order valence-corrected chi connectivity index (χ0v) is 19.0. The molecule has 0 amide bonds. The van der Waals surface area contributed by atoms with E-state index in [1.165, 1.54) is 74.5 Å². The number of benzene rings is 1. The van der Waals surface area contributed by atoms with E-state index in [1.807, 2.05) is 6.07 Å². The monoisotopic (exact) mass is 434 g/mol. The zero-order chi connectivity index (χ0) is 21.8. The van der Waals surface area contributed by atoms with Gasteiger partial charge in [0.1, 0.15) is 0 Å². The molecule has 170 valence electrons. The van der Waals surface area contributed by atoms with Crippen molar-refractivity contribution in [2.24, 2.45) is 5.92 Å². The standard InChI is InChI=1S/C27H35FN4/c28-27-15-21(12-13-29-27)17-31(20-23-16-30-26-11-5-4-10-25(23)26)18-22-7-6-14-32(19-22)24-8-2-1-3-9-24/h4-5,10-13,15-16,22,24,30H,1-3,6-9,14,17-20H2. The average Bonchev–Trinajstić information content (AvgIpc) is 3.23. The van der Waals surface area contributed by atoms with Gasteiger partial charge in [0, 0.05) is 55.5 Å². The van der Waals surface area contributed by atoms with Crippen LogP contribution in [0.5, 0.6) is 0 Å². The van der Waals surface area contributed by atoms with Crippen molar-refractivity contribution in [2.75, 3.05) is 19.6 Å².